The van der Waals surface area contributed by atoms with E-state index in [1.165, 1.54) is 11.3 Å². The maximum absolute atomic E-state index is 13.1. The Bertz CT molecular complexity index is 970. The smallest absolute Gasteiger partial charge is 0.317 e. The van der Waals surface area contributed by atoms with Gasteiger partial charge in [-0.1, -0.05) is 61.2 Å². The minimum atomic E-state index is -1.03. The van der Waals surface area contributed by atoms with E-state index in [2.05, 4.69) is 15.6 Å². The molecule has 2 aromatic carbocycles. The maximum atomic E-state index is 13.1. The molecule has 1 atom stereocenters. The molecule has 2 aliphatic rings. The molecule has 1 heterocycles. The number of aliphatic imine (C=N–C) groups is 1. The summed E-state index contributed by atoms with van der Waals surface area (Å²) in [5.74, 6) is -0.303. The molecule has 0 radical (unpaired) electrons. The zero-order valence-electron chi connectivity index (χ0n) is 16.9. The van der Waals surface area contributed by atoms with Gasteiger partial charge in [-0.2, -0.15) is 0 Å². The summed E-state index contributed by atoms with van der Waals surface area (Å²) in [6, 6.07) is 14.7. The number of benzene rings is 2. The van der Waals surface area contributed by atoms with Crippen LogP contribution in [0.1, 0.15) is 43.2 Å². The lowest BCUT2D eigenvalue weighted by molar-refractivity contribution is -0.119. The second kappa shape index (κ2) is 8.88. The van der Waals surface area contributed by atoms with Gasteiger partial charge in [0.1, 0.15) is 0 Å². The minimum Gasteiger partial charge on any atom is -0.335 e. The van der Waals surface area contributed by atoms with Crippen LogP contribution in [0.15, 0.2) is 53.5 Å². The van der Waals surface area contributed by atoms with Crippen LogP contribution >= 0.6 is 11.6 Å². The molecule has 1 fully saturated rings. The molecule has 1 saturated carbocycles. The van der Waals surface area contributed by atoms with Crippen molar-refractivity contribution < 1.29 is 9.59 Å². The second-order valence-electron chi connectivity index (χ2n) is 7.76. The largest absolute Gasteiger partial charge is 0.335 e. The third-order valence-electron chi connectivity index (χ3n) is 5.65. The zero-order valence-corrected chi connectivity index (χ0v) is 17.7. The number of amides is 3. The number of fused-ring (bicyclic) bond motifs is 1. The predicted octanol–water partition coefficient (Wildman–Crippen LogP) is 4.11. The summed E-state index contributed by atoms with van der Waals surface area (Å²) in [6.07, 6.45) is 4.34. The van der Waals surface area contributed by atoms with E-state index in [1.54, 1.807) is 25.2 Å². The quantitative estimate of drug-likeness (QED) is 0.778. The van der Waals surface area contributed by atoms with Crippen LogP contribution in [0.5, 0.6) is 0 Å². The number of urea groups is 1. The monoisotopic (exact) mass is 424 g/mol. The SMILES string of the molecule is CN1C(=O)C(NC(=O)NC2CCCCC2)N=C(c2ccccc2)c2cc(Cl)ccc21. The van der Waals surface area contributed by atoms with Crippen molar-refractivity contribution in [3.05, 3.63) is 64.7 Å². The van der Waals surface area contributed by atoms with Crippen LogP contribution in [0.2, 0.25) is 5.02 Å². The Morgan fingerprint density at radius 3 is 2.53 bits per heavy atom. The van der Waals surface area contributed by atoms with Crippen LogP contribution in [0.25, 0.3) is 0 Å². The highest BCUT2D eigenvalue weighted by Crippen LogP contribution is 2.29. The fourth-order valence-corrected chi connectivity index (χ4v) is 4.24. The van der Waals surface area contributed by atoms with Gasteiger partial charge in [-0.3, -0.25) is 4.79 Å². The van der Waals surface area contributed by atoms with Crippen molar-refractivity contribution in [1.82, 2.24) is 10.6 Å². The van der Waals surface area contributed by atoms with Gasteiger partial charge < -0.3 is 15.5 Å². The van der Waals surface area contributed by atoms with Crippen LogP contribution < -0.4 is 15.5 Å². The number of benzodiazepines with no additional fused rings is 1. The molecule has 1 unspecified atom stereocenters. The highest BCUT2D eigenvalue weighted by Gasteiger charge is 2.31. The van der Waals surface area contributed by atoms with Gasteiger partial charge in [0.15, 0.2) is 0 Å². The summed E-state index contributed by atoms with van der Waals surface area (Å²) in [4.78, 5) is 32.0. The second-order valence-corrected chi connectivity index (χ2v) is 8.19. The highest BCUT2D eigenvalue weighted by atomic mass is 35.5. The third-order valence-corrected chi connectivity index (χ3v) is 5.89. The molecule has 3 amide bonds. The van der Waals surface area contributed by atoms with Crippen molar-refractivity contribution >= 4 is 34.9 Å². The molecular weight excluding hydrogens is 400 g/mol. The maximum Gasteiger partial charge on any atom is 0.317 e. The van der Waals surface area contributed by atoms with Gasteiger partial charge in [0.05, 0.1) is 11.4 Å². The van der Waals surface area contributed by atoms with Gasteiger partial charge in [0.2, 0.25) is 6.17 Å². The van der Waals surface area contributed by atoms with Crippen molar-refractivity contribution in [2.24, 2.45) is 4.99 Å². The molecule has 7 heteroatoms. The molecule has 0 spiro atoms. The number of anilines is 1. The summed E-state index contributed by atoms with van der Waals surface area (Å²) in [5.41, 5.74) is 2.92. The first-order chi connectivity index (χ1) is 14.5. The number of hydrogen-bond donors (Lipinski definition) is 2. The predicted molar refractivity (Wildman–Crippen MR) is 119 cm³/mol. The Kier molecular flexibility index (Phi) is 6.04. The Balaban J connectivity index is 1.67. The molecule has 1 aliphatic carbocycles. The van der Waals surface area contributed by atoms with Gasteiger partial charge in [0, 0.05) is 29.2 Å². The van der Waals surface area contributed by atoms with E-state index in [0.717, 1.165) is 36.8 Å². The van der Waals surface area contributed by atoms with E-state index in [-0.39, 0.29) is 18.0 Å². The fourth-order valence-electron chi connectivity index (χ4n) is 4.06. The molecule has 0 aromatic heterocycles. The molecule has 1 aliphatic heterocycles. The summed E-state index contributed by atoms with van der Waals surface area (Å²) in [6.45, 7) is 0. The number of halogens is 1. The lowest BCUT2D eigenvalue weighted by Gasteiger charge is -2.25. The first-order valence-electron chi connectivity index (χ1n) is 10.3. The normalized spacial score (nSPS) is 19.5. The molecule has 4 rings (SSSR count). The molecule has 6 nitrogen and oxygen atoms in total. The Morgan fingerprint density at radius 1 is 1.07 bits per heavy atom. The van der Waals surface area contributed by atoms with Crippen LogP contribution in [-0.2, 0) is 4.79 Å². The van der Waals surface area contributed by atoms with E-state index >= 15 is 0 Å². The van der Waals surface area contributed by atoms with Crippen molar-refractivity contribution in [2.45, 2.75) is 44.3 Å². The molecule has 2 N–H and O–H groups in total. The van der Waals surface area contributed by atoms with Gasteiger partial charge in [-0.25, -0.2) is 9.79 Å². The summed E-state index contributed by atoms with van der Waals surface area (Å²) < 4.78 is 0. The number of likely N-dealkylation sites (N-methyl/N-ethyl adjacent to an activating group) is 1. The first-order valence-corrected chi connectivity index (χ1v) is 10.7. The molecule has 0 saturated heterocycles. The number of hydrogen-bond acceptors (Lipinski definition) is 3. The average molecular weight is 425 g/mol. The van der Waals surface area contributed by atoms with Crippen LogP contribution in [0.3, 0.4) is 0 Å². The lowest BCUT2D eigenvalue weighted by Crippen LogP contribution is -2.51. The molecule has 0 bridgehead atoms. The summed E-state index contributed by atoms with van der Waals surface area (Å²) in [7, 11) is 1.69. The van der Waals surface area contributed by atoms with Gasteiger partial charge in [0.25, 0.3) is 5.91 Å². The van der Waals surface area contributed by atoms with E-state index < -0.39 is 6.17 Å². The number of rotatable bonds is 3. The minimum absolute atomic E-state index is 0.144. The van der Waals surface area contributed by atoms with Crippen molar-refractivity contribution in [1.29, 1.82) is 0 Å². The van der Waals surface area contributed by atoms with E-state index in [0.29, 0.717) is 16.4 Å². The van der Waals surface area contributed by atoms with Crippen molar-refractivity contribution in [3.63, 3.8) is 0 Å². The topological polar surface area (TPSA) is 73.8 Å². The lowest BCUT2D eigenvalue weighted by atomic mass is 9.96. The molecule has 30 heavy (non-hydrogen) atoms. The van der Waals surface area contributed by atoms with Crippen molar-refractivity contribution in [3.8, 4) is 0 Å². The summed E-state index contributed by atoms with van der Waals surface area (Å²) >= 11 is 6.26. The Morgan fingerprint density at radius 2 is 1.80 bits per heavy atom. The number of carbonyl (C=O) groups excluding carboxylic acids is 2. The molecule has 156 valence electrons. The van der Waals surface area contributed by atoms with Gasteiger partial charge in [-0.05, 0) is 31.0 Å². The number of nitrogens with zero attached hydrogens (tertiary/aromatic N) is 2. The van der Waals surface area contributed by atoms with E-state index in [9.17, 15) is 9.59 Å². The van der Waals surface area contributed by atoms with Crippen LogP contribution in [0.4, 0.5) is 10.5 Å². The zero-order chi connectivity index (χ0) is 21.1. The van der Waals surface area contributed by atoms with Crippen molar-refractivity contribution in [2.75, 3.05) is 11.9 Å². The fraction of sp³-hybridized carbons (Fsp3) is 0.348. The molecular formula is C23H25ClN4O2. The number of nitrogens with one attached hydrogen (secondary N) is 2. The highest BCUT2D eigenvalue weighted by molar-refractivity contribution is 6.32. The Hall–Kier alpha value is -2.86. The average Bonchev–Trinajstić information content (AvgIpc) is 2.85. The van der Waals surface area contributed by atoms with E-state index in [4.69, 9.17) is 11.6 Å². The van der Waals surface area contributed by atoms with E-state index in [1.807, 2.05) is 30.3 Å². The van der Waals surface area contributed by atoms with Gasteiger partial charge >= 0.3 is 6.03 Å². The standard InChI is InChI=1S/C23H25ClN4O2/c1-28-19-13-12-16(24)14-18(19)20(15-8-4-2-5-9-15)26-21(22(28)29)27-23(30)25-17-10-6-3-7-11-17/h2,4-5,8-9,12-14,17,21H,3,6-7,10-11H2,1H3,(H2,25,27,30). The number of carbonyl (C=O) groups is 2. The van der Waals surface area contributed by atoms with Gasteiger partial charge in [-0.15, -0.1) is 0 Å². The van der Waals surface area contributed by atoms with Crippen LogP contribution in [-0.4, -0.2) is 36.9 Å². The Labute approximate surface area is 181 Å². The third kappa shape index (κ3) is 4.33. The molecule has 2 aromatic rings. The van der Waals surface area contributed by atoms with Crippen LogP contribution in [0, 0.1) is 0 Å². The summed E-state index contributed by atoms with van der Waals surface area (Å²) in [5, 5.41) is 6.32. The first kappa shape index (κ1) is 20.4.